The number of phenols is 2. The largest absolute Gasteiger partial charge is 0.504 e. The third-order valence-corrected chi connectivity index (χ3v) is 2.08. The van der Waals surface area contributed by atoms with Crippen molar-refractivity contribution in [3.05, 3.63) is 23.8 Å². The number of benzene rings is 1. The van der Waals surface area contributed by atoms with Crippen molar-refractivity contribution in [1.29, 1.82) is 0 Å². The summed E-state index contributed by atoms with van der Waals surface area (Å²) in [6.07, 6.45) is 0.129. The first-order valence-electron chi connectivity index (χ1n) is 5.42. The summed E-state index contributed by atoms with van der Waals surface area (Å²) in [6.45, 7) is 4.67. The van der Waals surface area contributed by atoms with Crippen molar-refractivity contribution in [3.63, 3.8) is 0 Å². The van der Waals surface area contributed by atoms with Crippen molar-refractivity contribution in [2.45, 2.75) is 20.0 Å². The van der Waals surface area contributed by atoms with Gasteiger partial charge in [-0.15, -0.1) is 0 Å². The summed E-state index contributed by atoms with van der Waals surface area (Å²) in [7, 11) is 0. The normalized spacial score (nSPS) is 10.5. The number of nitrogens with one attached hydrogen (secondary N) is 1. The zero-order valence-corrected chi connectivity index (χ0v) is 9.93. The van der Waals surface area contributed by atoms with Gasteiger partial charge in [0.15, 0.2) is 11.5 Å². The third-order valence-electron chi connectivity index (χ3n) is 2.08. The molecule has 0 fully saturated rings. The van der Waals surface area contributed by atoms with Gasteiger partial charge in [-0.05, 0) is 32.0 Å². The van der Waals surface area contributed by atoms with Crippen molar-refractivity contribution in [2.75, 3.05) is 13.2 Å². The highest BCUT2D eigenvalue weighted by Gasteiger charge is 2.08. The van der Waals surface area contributed by atoms with E-state index in [9.17, 15) is 9.90 Å². The van der Waals surface area contributed by atoms with Gasteiger partial charge in [0, 0.05) is 12.1 Å². The Morgan fingerprint density at radius 1 is 1.35 bits per heavy atom. The molecule has 0 atom stereocenters. The first-order chi connectivity index (χ1) is 8.00. The lowest BCUT2D eigenvalue weighted by Gasteiger charge is -2.09. The van der Waals surface area contributed by atoms with E-state index in [0.29, 0.717) is 18.7 Å². The monoisotopic (exact) mass is 239 g/mol. The minimum atomic E-state index is -0.312. The van der Waals surface area contributed by atoms with Crippen LogP contribution in [0, 0.1) is 0 Å². The number of amides is 1. The molecule has 0 unspecified atom stereocenters. The Labute approximate surface area is 100 Å². The zero-order chi connectivity index (χ0) is 12.8. The minimum absolute atomic E-state index is 0.129. The van der Waals surface area contributed by atoms with E-state index in [-0.39, 0.29) is 23.5 Å². The molecule has 0 saturated heterocycles. The predicted octanol–water partition coefficient (Wildman–Crippen LogP) is 1.25. The number of hydrogen-bond acceptors (Lipinski definition) is 4. The fraction of sp³-hybridized carbons (Fsp3) is 0.417. The molecular weight excluding hydrogens is 222 g/mol. The number of rotatable bonds is 5. The molecule has 94 valence electrons. The summed E-state index contributed by atoms with van der Waals surface area (Å²) in [6, 6.07) is 3.93. The zero-order valence-electron chi connectivity index (χ0n) is 9.93. The van der Waals surface area contributed by atoms with Crippen LogP contribution >= 0.6 is 0 Å². The van der Waals surface area contributed by atoms with Crippen LogP contribution in [0.2, 0.25) is 0 Å². The summed E-state index contributed by atoms with van der Waals surface area (Å²) in [5.41, 5.74) is 0.296. The number of carbonyl (C=O) groups is 1. The molecule has 0 aliphatic carbocycles. The molecule has 0 saturated carbocycles. The van der Waals surface area contributed by atoms with Crippen LogP contribution in [0.3, 0.4) is 0 Å². The van der Waals surface area contributed by atoms with Gasteiger partial charge >= 0.3 is 0 Å². The molecule has 0 aliphatic rings. The number of phenolic OH excluding ortho intramolecular Hbond substituents is 2. The van der Waals surface area contributed by atoms with Gasteiger partial charge < -0.3 is 20.3 Å². The van der Waals surface area contributed by atoms with Crippen LogP contribution in [-0.2, 0) is 4.74 Å². The molecule has 0 heterocycles. The van der Waals surface area contributed by atoms with Gasteiger partial charge in [-0.1, -0.05) is 0 Å². The van der Waals surface area contributed by atoms with Gasteiger partial charge in [0.1, 0.15) is 0 Å². The second-order valence-electron chi connectivity index (χ2n) is 3.88. The first kappa shape index (κ1) is 13.3. The van der Waals surface area contributed by atoms with Crippen molar-refractivity contribution < 1.29 is 19.7 Å². The molecule has 1 aromatic rings. The molecule has 1 amide bonds. The molecule has 17 heavy (non-hydrogen) atoms. The summed E-state index contributed by atoms with van der Waals surface area (Å²) >= 11 is 0. The highest BCUT2D eigenvalue weighted by Crippen LogP contribution is 2.24. The van der Waals surface area contributed by atoms with Gasteiger partial charge in [0.05, 0.1) is 12.7 Å². The lowest BCUT2D eigenvalue weighted by molar-refractivity contribution is 0.0746. The smallest absolute Gasteiger partial charge is 0.251 e. The van der Waals surface area contributed by atoms with Crippen molar-refractivity contribution >= 4 is 5.91 Å². The summed E-state index contributed by atoms with van der Waals surface area (Å²) in [4.78, 5) is 11.6. The maximum absolute atomic E-state index is 11.6. The van der Waals surface area contributed by atoms with E-state index in [2.05, 4.69) is 5.32 Å². The van der Waals surface area contributed by atoms with E-state index in [1.54, 1.807) is 0 Å². The van der Waals surface area contributed by atoms with E-state index >= 15 is 0 Å². The number of hydrogen-bond donors (Lipinski definition) is 3. The summed E-state index contributed by atoms with van der Waals surface area (Å²) < 4.78 is 5.27. The average Bonchev–Trinajstić information content (AvgIpc) is 2.27. The minimum Gasteiger partial charge on any atom is -0.504 e. The van der Waals surface area contributed by atoms with Gasteiger partial charge in [0.25, 0.3) is 5.91 Å². The van der Waals surface area contributed by atoms with E-state index < -0.39 is 0 Å². The first-order valence-corrected chi connectivity index (χ1v) is 5.42. The SMILES string of the molecule is CC(C)OCCNC(=O)c1ccc(O)c(O)c1. The molecule has 5 nitrogen and oxygen atoms in total. The van der Waals surface area contributed by atoms with Crippen LogP contribution < -0.4 is 5.32 Å². The Hall–Kier alpha value is -1.75. The number of aromatic hydroxyl groups is 2. The molecule has 0 aromatic heterocycles. The maximum atomic E-state index is 11.6. The van der Waals surface area contributed by atoms with E-state index in [1.165, 1.54) is 18.2 Å². The van der Waals surface area contributed by atoms with E-state index in [1.807, 2.05) is 13.8 Å². The third kappa shape index (κ3) is 4.32. The molecular formula is C12H17NO4. The Kier molecular flexibility index (Phi) is 4.78. The van der Waals surface area contributed by atoms with Crippen LogP contribution in [-0.4, -0.2) is 35.4 Å². The second kappa shape index (κ2) is 6.10. The standard InChI is InChI=1S/C12H17NO4/c1-8(2)17-6-5-13-12(16)9-3-4-10(14)11(15)7-9/h3-4,7-8,14-15H,5-6H2,1-2H3,(H,13,16). The van der Waals surface area contributed by atoms with Gasteiger partial charge in [-0.3, -0.25) is 4.79 Å². The fourth-order valence-electron chi connectivity index (χ4n) is 1.23. The summed E-state index contributed by atoms with van der Waals surface area (Å²) in [5.74, 6) is -0.867. The average molecular weight is 239 g/mol. The Bertz CT molecular complexity index is 390. The molecule has 0 aliphatic heterocycles. The molecule has 1 rings (SSSR count). The molecule has 3 N–H and O–H groups in total. The molecule has 1 aromatic carbocycles. The topological polar surface area (TPSA) is 78.8 Å². The van der Waals surface area contributed by atoms with Crippen LogP contribution in [0.1, 0.15) is 24.2 Å². The van der Waals surface area contributed by atoms with Gasteiger partial charge in [-0.2, -0.15) is 0 Å². The van der Waals surface area contributed by atoms with Crippen molar-refractivity contribution in [3.8, 4) is 11.5 Å². The van der Waals surface area contributed by atoms with E-state index in [0.717, 1.165) is 0 Å². The van der Waals surface area contributed by atoms with Crippen LogP contribution in [0.15, 0.2) is 18.2 Å². The fourth-order valence-corrected chi connectivity index (χ4v) is 1.23. The second-order valence-corrected chi connectivity index (χ2v) is 3.88. The van der Waals surface area contributed by atoms with Crippen molar-refractivity contribution in [2.24, 2.45) is 0 Å². The Morgan fingerprint density at radius 2 is 2.06 bits per heavy atom. The molecule has 5 heteroatoms. The predicted molar refractivity (Wildman–Crippen MR) is 63.2 cm³/mol. The number of carbonyl (C=O) groups excluding carboxylic acids is 1. The lowest BCUT2D eigenvalue weighted by Crippen LogP contribution is -2.27. The Morgan fingerprint density at radius 3 is 2.65 bits per heavy atom. The van der Waals surface area contributed by atoms with Crippen LogP contribution in [0.4, 0.5) is 0 Å². The molecule has 0 radical (unpaired) electrons. The Balaban J connectivity index is 2.44. The molecule has 0 spiro atoms. The highest BCUT2D eigenvalue weighted by atomic mass is 16.5. The van der Waals surface area contributed by atoms with Gasteiger partial charge in [-0.25, -0.2) is 0 Å². The quantitative estimate of drug-likeness (QED) is 0.534. The summed E-state index contributed by atoms with van der Waals surface area (Å²) in [5, 5.41) is 21.0. The maximum Gasteiger partial charge on any atom is 0.251 e. The molecule has 0 bridgehead atoms. The highest BCUT2D eigenvalue weighted by molar-refractivity contribution is 5.94. The van der Waals surface area contributed by atoms with E-state index in [4.69, 9.17) is 9.84 Å². The van der Waals surface area contributed by atoms with Gasteiger partial charge in [0.2, 0.25) is 0 Å². The van der Waals surface area contributed by atoms with Crippen molar-refractivity contribution in [1.82, 2.24) is 5.32 Å². The van der Waals surface area contributed by atoms with Crippen LogP contribution in [0.5, 0.6) is 11.5 Å². The van der Waals surface area contributed by atoms with Crippen LogP contribution in [0.25, 0.3) is 0 Å². The lowest BCUT2D eigenvalue weighted by atomic mass is 10.2. The number of ether oxygens (including phenoxy) is 1.